The third-order valence-electron chi connectivity index (χ3n) is 3.58. The highest BCUT2D eigenvalue weighted by Crippen LogP contribution is 2.16. The number of hydrogen-bond donors (Lipinski definition) is 1. The van der Waals surface area contributed by atoms with Crippen LogP contribution in [0.2, 0.25) is 0 Å². The fraction of sp³-hybridized carbons (Fsp3) is 0.714. The first kappa shape index (κ1) is 14.1. The molecule has 1 aliphatic heterocycles. The molecular formula is C14H23N3O2. The van der Waals surface area contributed by atoms with Crippen LogP contribution in [-0.4, -0.2) is 38.8 Å². The van der Waals surface area contributed by atoms with Gasteiger partial charge < -0.3 is 5.11 Å². The molecule has 1 fully saturated rings. The highest BCUT2D eigenvalue weighted by molar-refractivity contribution is 5.85. The molecule has 19 heavy (non-hydrogen) atoms. The summed E-state index contributed by atoms with van der Waals surface area (Å²) in [7, 11) is 0. The van der Waals surface area contributed by atoms with Gasteiger partial charge in [-0.25, -0.2) is 4.79 Å². The number of rotatable bonds is 4. The fourth-order valence-corrected chi connectivity index (χ4v) is 2.60. The SMILES string of the molecule is CC(C)n1nc(CN2CCCCCC2)cc1C(=O)O. The number of nitrogens with zero attached hydrogens (tertiary/aromatic N) is 3. The molecule has 0 saturated carbocycles. The summed E-state index contributed by atoms with van der Waals surface area (Å²) >= 11 is 0. The van der Waals surface area contributed by atoms with Crippen LogP contribution in [0.1, 0.15) is 61.8 Å². The number of likely N-dealkylation sites (tertiary alicyclic amines) is 1. The molecule has 0 amide bonds. The van der Waals surface area contributed by atoms with E-state index in [1.165, 1.54) is 25.7 Å². The Balaban J connectivity index is 2.11. The third-order valence-corrected chi connectivity index (χ3v) is 3.58. The molecule has 0 aromatic carbocycles. The van der Waals surface area contributed by atoms with Gasteiger partial charge in [0.2, 0.25) is 0 Å². The van der Waals surface area contributed by atoms with Gasteiger partial charge in [0, 0.05) is 12.6 Å². The summed E-state index contributed by atoms with van der Waals surface area (Å²) in [6.45, 7) is 6.86. The van der Waals surface area contributed by atoms with Gasteiger partial charge in [0.25, 0.3) is 0 Å². The van der Waals surface area contributed by atoms with Crippen molar-refractivity contribution >= 4 is 5.97 Å². The molecule has 1 N–H and O–H groups in total. The highest BCUT2D eigenvalue weighted by atomic mass is 16.4. The van der Waals surface area contributed by atoms with Crippen molar-refractivity contribution < 1.29 is 9.90 Å². The summed E-state index contributed by atoms with van der Waals surface area (Å²) in [4.78, 5) is 13.6. The summed E-state index contributed by atoms with van der Waals surface area (Å²) in [5.41, 5.74) is 1.16. The lowest BCUT2D eigenvalue weighted by Gasteiger charge is -2.18. The number of hydrogen-bond acceptors (Lipinski definition) is 3. The lowest BCUT2D eigenvalue weighted by atomic mass is 10.2. The van der Waals surface area contributed by atoms with Crippen molar-refractivity contribution in [2.75, 3.05) is 13.1 Å². The number of aromatic carboxylic acids is 1. The Hall–Kier alpha value is -1.36. The van der Waals surface area contributed by atoms with Crippen LogP contribution >= 0.6 is 0 Å². The number of aromatic nitrogens is 2. The van der Waals surface area contributed by atoms with Crippen LogP contribution in [0.3, 0.4) is 0 Å². The van der Waals surface area contributed by atoms with Crippen molar-refractivity contribution in [2.45, 2.75) is 52.1 Å². The molecule has 5 nitrogen and oxygen atoms in total. The summed E-state index contributed by atoms with van der Waals surface area (Å²) in [5, 5.41) is 13.7. The van der Waals surface area contributed by atoms with Crippen LogP contribution in [0.4, 0.5) is 0 Å². The topological polar surface area (TPSA) is 58.4 Å². The lowest BCUT2D eigenvalue weighted by Crippen LogP contribution is -2.24. The average Bonchev–Trinajstić information content (AvgIpc) is 2.60. The first-order valence-corrected chi connectivity index (χ1v) is 7.12. The molecule has 2 rings (SSSR count). The third kappa shape index (κ3) is 3.56. The highest BCUT2D eigenvalue weighted by Gasteiger charge is 2.18. The van der Waals surface area contributed by atoms with E-state index in [9.17, 15) is 9.90 Å². The van der Waals surface area contributed by atoms with Crippen molar-refractivity contribution in [1.82, 2.24) is 14.7 Å². The van der Waals surface area contributed by atoms with Crippen molar-refractivity contribution in [3.8, 4) is 0 Å². The molecule has 0 unspecified atom stereocenters. The normalized spacial score (nSPS) is 17.6. The minimum Gasteiger partial charge on any atom is -0.477 e. The van der Waals surface area contributed by atoms with E-state index in [1.54, 1.807) is 10.7 Å². The average molecular weight is 265 g/mol. The molecule has 0 spiro atoms. The minimum atomic E-state index is -0.900. The molecule has 0 aliphatic carbocycles. The zero-order valence-electron chi connectivity index (χ0n) is 11.8. The van der Waals surface area contributed by atoms with E-state index in [0.717, 1.165) is 25.3 Å². The van der Waals surface area contributed by atoms with Crippen LogP contribution in [0, 0.1) is 0 Å². The summed E-state index contributed by atoms with van der Waals surface area (Å²) in [5.74, 6) is -0.900. The summed E-state index contributed by atoms with van der Waals surface area (Å²) in [6, 6.07) is 1.79. The van der Waals surface area contributed by atoms with E-state index in [2.05, 4.69) is 10.00 Å². The van der Waals surface area contributed by atoms with E-state index in [4.69, 9.17) is 0 Å². The van der Waals surface area contributed by atoms with Crippen LogP contribution in [0.5, 0.6) is 0 Å². The van der Waals surface area contributed by atoms with E-state index >= 15 is 0 Å². The number of carboxylic acids is 1. The number of carboxylic acid groups (broad SMARTS) is 1. The fourth-order valence-electron chi connectivity index (χ4n) is 2.60. The molecule has 1 aliphatic rings. The van der Waals surface area contributed by atoms with Gasteiger partial charge in [-0.15, -0.1) is 0 Å². The van der Waals surface area contributed by atoms with Gasteiger partial charge in [-0.3, -0.25) is 9.58 Å². The van der Waals surface area contributed by atoms with E-state index < -0.39 is 5.97 Å². The monoisotopic (exact) mass is 265 g/mol. The molecule has 1 saturated heterocycles. The van der Waals surface area contributed by atoms with Crippen LogP contribution in [0.15, 0.2) is 6.07 Å². The predicted molar refractivity (Wildman–Crippen MR) is 73.3 cm³/mol. The Morgan fingerprint density at radius 2 is 1.95 bits per heavy atom. The maximum absolute atomic E-state index is 11.2. The maximum Gasteiger partial charge on any atom is 0.354 e. The maximum atomic E-state index is 11.2. The van der Waals surface area contributed by atoms with Gasteiger partial charge in [-0.1, -0.05) is 12.8 Å². The van der Waals surface area contributed by atoms with Crippen molar-refractivity contribution in [1.29, 1.82) is 0 Å². The molecule has 0 atom stereocenters. The van der Waals surface area contributed by atoms with E-state index in [1.807, 2.05) is 13.8 Å². The van der Waals surface area contributed by atoms with Crippen molar-refractivity contribution in [3.05, 3.63) is 17.5 Å². The molecule has 0 radical (unpaired) electrons. The zero-order valence-corrected chi connectivity index (χ0v) is 11.8. The van der Waals surface area contributed by atoms with E-state index in [0.29, 0.717) is 5.69 Å². The summed E-state index contributed by atoms with van der Waals surface area (Å²) in [6.07, 6.45) is 5.07. The van der Waals surface area contributed by atoms with Gasteiger partial charge in [0.1, 0.15) is 5.69 Å². The van der Waals surface area contributed by atoms with Gasteiger partial charge >= 0.3 is 5.97 Å². The Kier molecular flexibility index (Phi) is 4.58. The van der Waals surface area contributed by atoms with Crippen molar-refractivity contribution in [2.24, 2.45) is 0 Å². The van der Waals surface area contributed by atoms with Crippen LogP contribution < -0.4 is 0 Å². The van der Waals surface area contributed by atoms with Gasteiger partial charge in [0.15, 0.2) is 0 Å². The van der Waals surface area contributed by atoms with Gasteiger partial charge in [0.05, 0.1) is 5.69 Å². The molecule has 106 valence electrons. The smallest absolute Gasteiger partial charge is 0.354 e. The second-order valence-corrected chi connectivity index (χ2v) is 5.55. The van der Waals surface area contributed by atoms with Crippen LogP contribution in [-0.2, 0) is 6.54 Å². The molecule has 0 bridgehead atoms. The van der Waals surface area contributed by atoms with Gasteiger partial charge in [-0.2, -0.15) is 5.10 Å². The predicted octanol–water partition coefficient (Wildman–Crippen LogP) is 2.54. The summed E-state index contributed by atoms with van der Waals surface area (Å²) < 4.78 is 1.61. The van der Waals surface area contributed by atoms with Gasteiger partial charge in [-0.05, 0) is 45.8 Å². The second-order valence-electron chi connectivity index (χ2n) is 5.55. The Morgan fingerprint density at radius 1 is 1.32 bits per heavy atom. The quantitative estimate of drug-likeness (QED) is 0.909. The van der Waals surface area contributed by atoms with Crippen molar-refractivity contribution in [3.63, 3.8) is 0 Å². The first-order valence-electron chi connectivity index (χ1n) is 7.12. The standard InChI is InChI=1S/C14H23N3O2/c1-11(2)17-13(14(18)19)9-12(15-17)10-16-7-5-3-4-6-8-16/h9,11H,3-8,10H2,1-2H3,(H,18,19). The largest absolute Gasteiger partial charge is 0.477 e. The molecule has 5 heteroatoms. The van der Waals surface area contributed by atoms with Crippen LogP contribution in [0.25, 0.3) is 0 Å². The first-order chi connectivity index (χ1) is 9.08. The molecule has 2 heterocycles. The number of carbonyl (C=O) groups is 1. The minimum absolute atomic E-state index is 0.0731. The second kappa shape index (κ2) is 6.19. The zero-order chi connectivity index (χ0) is 13.8. The Labute approximate surface area is 114 Å². The Bertz CT molecular complexity index is 432. The van der Waals surface area contributed by atoms with E-state index in [-0.39, 0.29) is 6.04 Å². The lowest BCUT2D eigenvalue weighted by molar-refractivity contribution is 0.0681. The molecule has 1 aromatic heterocycles. The molecular weight excluding hydrogens is 242 g/mol. The Morgan fingerprint density at radius 3 is 2.42 bits per heavy atom. The molecule has 1 aromatic rings.